The fourth-order valence-corrected chi connectivity index (χ4v) is 9.14. The number of primary amides is 2. The van der Waals surface area contributed by atoms with Crippen LogP contribution in [0.5, 0.6) is 0 Å². The third kappa shape index (κ3) is 19.7. The molecule has 0 spiro atoms. The van der Waals surface area contributed by atoms with E-state index in [9.17, 15) is 48.9 Å². The summed E-state index contributed by atoms with van der Waals surface area (Å²) in [4.78, 5) is 115. The summed E-state index contributed by atoms with van der Waals surface area (Å²) in [5.74, 6) is -7.34. The summed E-state index contributed by atoms with van der Waals surface area (Å²) in [7, 11) is 0. The average Bonchev–Trinajstić information content (AvgIpc) is 4.25. The molecule has 0 aliphatic carbocycles. The molecule has 439 valence electrons. The van der Waals surface area contributed by atoms with Crippen LogP contribution in [0, 0.1) is 12.8 Å². The van der Waals surface area contributed by atoms with Gasteiger partial charge in [-0.2, -0.15) is 0 Å². The van der Waals surface area contributed by atoms with E-state index in [1.807, 2.05) is 18.2 Å². The molecule has 10 unspecified atom stereocenters. The molecule has 10 atom stereocenters. The Bertz CT molecular complexity index is 2810. The monoisotopic (exact) mass is 1200 g/mol. The Morgan fingerprint density at radius 3 is 2.11 bits per heavy atom. The first kappa shape index (κ1) is 67.3. The molecule has 5 aromatic rings. The van der Waals surface area contributed by atoms with Crippen molar-refractivity contribution in [3.8, 4) is 10.7 Å². The van der Waals surface area contributed by atoms with Gasteiger partial charge in [-0.3, -0.25) is 44.1 Å². The van der Waals surface area contributed by atoms with Gasteiger partial charge in [-0.15, -0.1) is 22.7 Å². The summed E-state index contributed by atoms with van der Waals surface area (Å²) in [6.07, 6.45) is -1.79. The Morgan fingerprint density at radius 1 is 0.775 bits per heavy atom. The number of anilines is 1. The van der Waals surface area contributed by atoms with E-state index in [2.05, 4.69) is 86.2 Å². The molecule has 29 nitrogen and oxygen atoms in total. The number of aliphatic hydroxyl groups is 3. The number of hydrogen-bond acceptors (Lipinski definition) is 23. The van der Waals surface area contributed by atoms with E-state index >= 15 is 0 Å². The van der Waals surface area contributed by atoms with Gasteiger partial charge in [0.1, 0.15) is 51.9 Å². The number of H-pyrrole nitrogens is 1. The molecule has 0 bridgehead atoms. The maximum Gasteiger partial charge on any atom is 0.271 e. The van der Waals surface area contributed by atoms with Gasteiger partial charge in [-0.1, -0.05) is 37.3 Å². The number of nitrogens with one attached hydrogen (secondary N) is 8. The minimum absolute atomic E-state index is 0. The van der Waals surface area contributed by atoms with Crippen molar-refractivity contribution in [3.63, 3.8) is 0 Å². The largest absolute Gasteiger partial charge is 0.391 e. The summed E-state index contributed by atoms with van der Waals surface area (Å²) in [6.45, 7) is 8.49. The Kier molecular flexibility index (Phi) is 27.7. The molecule has 0 aliphatic heterocycles. The van der Waals surface area contributed by atoms with E-state index in [0.717, 1.165) is 13.0 Å². The molecule has 0 saturated carbocycles. The SMILES string of the molecule is Cc1c(N)nc(C(CC(N)=O)NCC(N)C(N)=O)nc1C(=O)NC(C(=O)NC(C)C(O)C(C)C(=O)NC(C(=O)NCCc1nc(-c2nc(C(=O)NCCCNC(C)c3ccccc3)cs2)cs1)C(C)O)C(O)c1cnc[nH]1.OO.[Co]. The minimum atomic E-state index is -1.81. The Balaban J connectivity index is 0.00000554. The maximum absolute atomic E-state index is 13.9. The number of benzene rings is 1. The van der Waals surface area contributed by atoms with Gasteiger partial charge in [0.2, 0.25) is 29.5 Å². The molecule has 0 aliphatic rings. The molecule has 1 aromatic carbocycles. The Labute approximate surface area is 477 Å². The number of carbonyl (C=O) groups is 7. The number of aliphatic hydroxyl groups excluding tert-OH is 3. The van der Waals surface area contributed by atoms with Crippen LogP contribution >= 0.6 is 22.7 Å². The molecular weight excluding hydrogens is 1130 g/mol. The number of nitrogen functional groups attached to an aromatic ring is 1. The van der Waals surface area contributed by atoms with Gasteiger partial charge in [0, 0.05) is 71.6 Å². The number of rotatable bonds is 30. The summed E-state index contributed by atoms with van der Waals surface area (Å²) in [5.41, 5.74) is 24.2. The van der Waals surface area contributed by atoms with Crippen LogP contribution in [0.4, 0.5) is 5.82 Å². The van der Waals surface area contributed by atoms with Crippen LogP contribution in [0.2, 0.25) is 0 Å². The predicted molar refractivity (Wildman–Crippen MR) is 289 cm³/mol. The van der Waals surface area contributed by atoms with Crippen molar-refractivity contribution >= 4 is 69.8 Å². The fourth-order valence-electron chi connectivity index (χ4n) is 7.52. The number of thiazole rings is 2. The van der Waals surface area contributed by atoms with Crippen LogP contribution in [0.3, 0.4) is 0 Å². The van der Waals surface area contributed by atoms with E-state index in [4.69, 9.17) is 33.4 Å². The molecule has 32 heteroatoms. The molecule has 21 N–H and O–H groups in total. The molecule has 1 radical (unpaired) electrons. The van der Waals surface area contributed by atoms with Gasteiger partial charge in [0.05, 0.1) is 59.5 Å². The molecule has 4 heterocycles. The molecule has 0 saturated heterocycles. The smallest absolute Gasteiger partial charge is 0.271 e. The molecule has 80 heavy (non-hydrogen) atoms. The van der Waals surface area contributed by atoms with Gasteiger partial charge in [-0.25, -0.2) is 24.9 Å². The predicted octanol–water partition coefficient (Wildman–Crippen LogP) is -1.97. The first-order valence-corrected chi connectivity index (χ1v) is 26.4. The number of nitrogens with zero attached hydrogens (tertiary/aromatic N) is 5. The van der Waals surface area contributed by atoms with E-state index in [1.54, 1.807) is 10.8 Å². The summed E-state index contributed by atoms with van der Waals surface area (Å²) in [6, 6.07) is 3.46. The second-order valence-electron chi connectivity index (χ2n) is 18.2. The summed E-state index contributed by atoms with van der Waals surface area (Å²) < 4.78 is 0. The second-order valence-corrected chi connectivity index (χ2v) is 20.0. The van der Waals surface area contributed by atoms with Gasteiger partial charge in [0.15, 0.2) is 0 Å². The zero-order valence-electron chi connectivity index (χ0n) is 44.2. The van der Waals surface area contributed by atoms with E-state index in [1.165, 1.54) is 68.5 Å². The number of carbonyl (C=O) groups excluding carboxylic acids is 7. The Hall–Kier alpha value is -6.95. The van der Waals surface area contributed by atoms with Crippen LogP contribution in [0.25, 0.3) is 10.7 Å². The van der Waals surface area contributed by atoms with Crippen molar-refractivity contribution in [1.82, 2.24) is 67.1 Å². The number of hydrogen-bond donors (Lipinski definition) is 17. The first-order chi connectivity index (χ1) is 37.6. The zero-order valence-corrected chi connectivity index (χ0v) is 46.9. The molecular formula is C48H69CoN17O12S2. The van der Waals surface area contributed by atoms with Crippen LogP contribution in [-0.4, -0.2) is 160 Å². The molecule has 5 rings (SSSR count). The van der Waals surface area contributed by atoms with Crippen LogP contribution in [0.1, 0.15) is 107 Å². The zero-order chi connectivity index (χ0) is 58.5. The number of aromatic nitrogens is 6. The van der Waals surface area contributed by atoms with Crippen molar-refractivity contribution in [3.05, 3.63) is 92.7 Å². The van der Waals surface area contributed by atoms with Crippen molar-refractivity contribution in [2.75, 3.05) is 31.9 Å². The second kappa shape index (κ2) is 33.0. The van der Waals surface area contributed by atoms with Crippen molar-refractivity contribution in [1.29, 1.82) is 0 Å². The summed E-state index contributed by atoms with van der Waals surface area (Å²) >= 11 is 2.60. The quantitative estimate of drug-likeness (QED) is 0.0135. The Morgan fingerprint density at radius 2 is 1.48 bits per heavy atom. The number of aromatic amines is 1. The van der Waals surface area contributed by atoms with Gasteiger partial charge in [0.25, 0.3) is 11.8 Å². The standard InChI is InChI=1S/C48H67N17O10S2.Co.H2O2/c1-22-35(62-42(65-40(22)51)29(16-33(50)67)57-17-28(49)41(52)70)46(74)64-37(39(69)30-18-53-21-58-30)47(75)59-25(4)38(68)23(2)43(71)63-36(26(5)66)45(73)56-15-12-34-60-32(20-76-34)48-61-31(19-77-48)44(72)55-14-9-13-54-24(3)27-10-7-6-8-11-27;;1-2/h6-8,10-11,18-21,23-26,28-29,36-39,54,57,66,68-69H,9,12-17,49H2,1-5H3,(H2,50,67)(H2,52,70)(H,53,58)(H,55,72)(H,56,73)(H,59,75)(H,63,71)(H,64,74)(H2,51,62,65);;1-2H. The minimum Gasteiger partial charge on any atom is -0.391 e. The number of imidazole rings is 1. The maximum atomic E-state index is 13.9. The topological polar surface area (TPSA) is 489 Å². The third-order valence-electron chi connectivity index (χ3n) is 12.2. The van der Waals surface area contributed by atoms with E-state index < -0.39 is 96.3 Å². The van der Waals surface area contributed by atoms with E-state index in [0.29, 0.717) is 22.3 Å². The average molecular weight is 1200 g/mol. The molecule has 7 amide bonds. The van der Waals surface area contributed by atoms with Crippen molar-refractivity contribution in [2.45, 2.75) is 108 Å². The first-order valence-electron chi connectivity index (χ1n) is 24.6. The van der Waals surface area contributed by atoms with Gasteiger partial charge in [-0.05, 0) is 46.2 Å². The van der Waals surface area contributed by atoms with Crippen LogP contribution in [0.15, 0.2) is 53.6 Å². The summed E-state index contributed by atoms with van der Waals surface area (Å²) in [5, 5.41) is 69.1. The van der Waals surface area contributed by atoms with Crippen LogP contribution < -0.4 is 60.2 Å². The molecule has 4 aromatic heterocycles. The number of nitrogens with two attached hydrogens (primary N) is 4. The fraction of sp³-hybridized carbons (Fsp3) is 0.458. The molecule has 0 fully saturated rings. The van der Waals surface area contributed by atoms with Crippen LogP contribution in [-0.2, 0) is 47.2 Å². The third-order valence-corrected chi connectivity index (χ3v) is 14.0. The van der Waals surface area contributed by atoms with Crippen molar-refractivity contribution in [2.24, 2.45) is 23.1 Å². The van der Waals surface area contributed by atoms with E-state index in [-0.39, 0.29) is 82.5 Å². The number of amides is 7. The normalized spacial score (nSPS) is 14.8. The van der Waals surface area contributed by atoms with Crippen molar-refractivity contribution < 1.29 is 76.2 Å². The van der Waals surface area contributed by atoms with Gasteiger partial charge >= 0.3 is 0 Å². The van der Waals surface area contributed by atoms with Gasteiger partial charge < -0.3 is 80.5 Å².